The molecule has 1 N–H and O–H groups in total. The molecule has 0 atom stereocenters. The highest BCUT2D eigenvalue weighted by atomic mass is 32.2. The molecule has 0 aliphatic rings. The molecule has 146 valence electrons. The molecule has 1 heterocycles. The summed E-state index contributed by atoms with van der Waals surface area (Å²) in [6.45, 7) is 4.87. The molecule has 0 spiro atoms. The van der Waals surface area contributed by atoms with Crippen molar-refractivity contribution >= 4 is 34.1 Å². The molecule has 0 fully saturated rings. The van der Waals surface area contributed by atoms with Crippen molar-refractivity contribution in [3.63, 3.8) is 0 Å². The third-order valence-electron chi connectivity index (χ3n) is 4.10. The number of amides is 1. The normalized spacial score (nSPS) is 10.6. The molecule has 0 unspecified atom stereocenters. The lowest BCUT2D eigenvalue weighted by atomic mass is 10.1. The molecule has 0 saturated carbocycles. The van der Waals surface area contributed by atoms with E-state index in [1.54, 1.807) is 23.9 Å². The second kappa shape index (κ2) is 10.2. The Morgan fingerprint density at radius 3 is 2.86 bits per heavy atom. The molecular weight excluding hydrogens is 390 g/mol. The van der Waals surface area contributed by atoms with E-state index >= 15 is 0 Å². The number of unbranched alkanes of at least 4 members (excludes halogenated alkanes) is 1. The largest absolute Gasteiger partial charge is 0.494 e. The molecule has 7 heteroatoms. The van der Waals surface area contributed by atoms with Gasteiger partial charge in [0.05, 0.1) is 6.61 Å². The molecule has 1 aromatic heterocycles. The van der Waals surface area contributed by atoms with E-state index < -0.39 is 0 Å². The summed E-state index contributed by atoms with van der Waals surface area (Å²) >= 11 is 3.00. The van der Waals surface area contributed by atoms with Crippen LogP contribution in [0.25, 0.3) is 0 Å². The van der Waals surface area contributed by atoms with Crippen molar-refractivity contribution in [2.75, 3.05) is 11.9 Å². The number of benzene rings is 2. The molecule has 0 saturated heterocycles. The van der Waals surface area contributed by atoms with Gasteiger partial charge < -0.3 is 4.74 Å². The third kappa shape index (κ3) is 5.81. The monoisotopic (exact) mass is 413 g/mol. The maximum atomic E-state index is 12.5. The molecule has 3 rings (SSSR count). The van der Waals surface area contributed by atoms with Crippen molar-refractivity contribution in [1.29, 1.82) is 0 Å². The van der Waals surface area contributed by atoms with Gasteiger partial charge in [0, 0.05) is 11.3 Å². The third-order valence-corrected chi connectivity index (χ3v) is 6.12. The molecule has 5 nitrogen and oxygen atoms in total. The van der Waals surface area contributed by atoms with E-state index in [-0.39, 0.29) is 5.91 Å². The number of carbonyl (C=O) groups is 1. The van der Waals surface area contributed by atoms with Crippen molar-refractivity contribution in [2.45, 2.75) is 36.8 Å². The smallest absolute Gasteiger partial charge is 0.257 e. The van der Waals surface area contributed by atoms with Gasteiger partial charge in [0.1, 0.15) is 5.75 Å². The average molecular weight is 414 g/mol. The Bertz CT molecular complexity index is 927. The number of anilines is 1. The molecule has 1 amide bonds. The fraction of sp³-hybridized carbons (Fsp3) is 0.286. The van der Waals surface area contributed by atoms with Gasteiger partial charge in [-0.2, -0.15) is 0 Å². The number of carbonyl (C=O) groups excluding carboxylic acids is 1. The first-order chi connectivity index (χ1) is 13.7. The summed E-state index contributed by atoms with van der Waals surface area (Å²) in [6.07, 6.45) is 2.06. The zero-order valence-corrected chi connectivity index (χ0v) is 17.6. The van der Waals surface area contributed by atoms with Gasteiger partial charge in [-0.3, -0.25) is 10.1 Å². The van der Waals surface area contributed by atoms with Gasteiger partial charge in [0.2, 0.25) is 5.13 Å². The Kier molecular flexibility index (Phi) is 7.45. The lowest BCUT2D eigenvalue weighted by Gasteiger charge is -2.07. The zero-order valence-electron chi connectivity index (χ0n) is 16.0. The molecule has 0 aliphatic carbocycles. The van der Waals surface area contributed by atoms with Crippen LogP contribution in [-0.2, 0) is 5.75 Å². The number of hydrogen-bond donors (Lipinski definition) is 1. The van der Waals surface area contributed by atoms with Gasteiger partial charge in [-0.15, -0.1) is 10.2 Å². The summed E-state index contributed by atoms with van der Waals surface area (Å²) in [4.78, 5) is 12.5. The quantitative estimate of drug-likeness (QED) is 0.282. The fourth-order valence-electron chi connectivity index (χ4n) is 2.46. The van der Waals surface area contributed by atoms with E-state index in [0.29, 0.717) is 23.1 Å². The number of nitrogens with one attached hydrogen (secondary N) is 1. The van der Waals surface area contributed by atoms with Crippen LogP contribution < -0.4 is 10.1 Å². The Morgan fingerprint density at radius 2 is 2.04 bits per heavy atom. The summed E-state index contributed by atoms with van der Waals surface area (Å²) in [5.74, 6) is 1.31. The van der Waals surface area contributed by atoms with Crippen molar-refractivity contribution in [2.24, 2.45) is 0 Å². The number of aromatic nitrogens is 2. The first kappa shape index (κ1) is 20.4. The minimum atomic E-state index is -0.215. The number of ether oxygens (including phenoxy) is 1. The van der Waals surface area contributed by atoms with Crippen LogP contribution in [0.1, 0.15) is 41.3 Å². The molecule has 0 bridgehead atoms. The highest BCUT2D eigenvalue weighted by molar-refractivity contribution is 8.00. The summed E-state index contributed by atoms with van der Waals surface area (Å²) in [5.41, 5.74) is 3.07. The van der Waals surface area contributed by atoms with E-state index in [9.17, 15) is 4.79 Å². The van der Waals surface area contributed by atoms with Gasteiger partial charge in [0.15, 0.2) is 4.34 Å². The Labute approximate surface area is 173 Å². The van der Waals surface area contributed by atoms with Crippen LogP contribution in [0, 0.1) is 6.92 Å². The SMILES string of the molecule is CCCCOc1cccc(C(=O)Nc2nnc(SCc3ccccc3C)s2)c1. The Morgan fingerprint density at radius 1 is 1.18 bits per heavy atom. The van der Waals surface area contributed by atoms with E-state index in [1.807, 2.05) is 24.3 Å². The predicted octanol–water partition coefficient (Wildman–Crippen LogP) is 5.57. The van der Waals surface area contributed by atoms with Crippen molar-refractivity contribution in [3.8, 4) is 5.75 Å². The van der Waals surface area contributed by atoms with Crippen LogP contribution in [-0.4, -0.2) is 22.7 Å². The number of thioether (sulfide) groups is 1. The van der Waals surface area contributed by atoms with Gasteiger partial charge >= 0.3 is 0 Å². The van der Waals surface area contributed by atoms with Crippen LogP contribution in [0.3, 0.4) is 0 Å². The molecule has 28 heavy (non-hydrogen) atoms. The molecular formula is C21H23N3O2S2. The molecule has 2 aromatic carbocycles. The van der Waals surface area contributed by atoms with Crippen LogP contribution in [0.5, 0.6) is 5.75 Å². The number of rotatable bonds is 9. The Balaban J connectivity index is 1.56. The van der Waals surface area contributed by atoms with E-state index in [0.717, 1.165) is 22.9 Å². The van der Waals surface area contributed by atoms with Gasteiger partial charge in [0.25, 0.3) is 5.91 Å². The van der Waals surface area contributed by atoms with E-state index in [2.05, 4.69) is 41.5 Å². The lowest BCUT2D eigenvalue weighted by molar-refractivity contribution is 0.102. The molecule has 0 radical (unpaired) electrons. The molecule has 0 aliphatic heterocycles. The van der Waals surface area contributed by atoms with Crippen LogP contribution in [0.4, 0.5) is 5.13 Å². The minimum absolute atomic E-state index is 0.215. The summed E-state index contributed by atoms with van der Waals surface area (Å²) in [6, 6.07) is 15.5. The average Bonchev–Trinajstić information content (AvgIpc) is 3.15. The van der Waals surface area contributed by atoms with Crippen molar-refractivity contribution < 1.29 is 9.53 Å². The second-order valence-corrected chi connectivity index (χ2v) is 8.47. The first-order valence-electron chi connectivity index (χ1n) is 9.20. The van der Waals surface area contributed by atoms with Crippen LogP contribution >= 0.6 is 23.1 Å². The van der Waals surface area contributed by atoms with Gasteiger partial charge in [-0.25, -0.2) is 0 Å². The van der Waals surface area contributed by atoms with Crippen LogP contribution in [0.2, 0.25) is 0 Å². The highest BCUT2D eigenvalue weighted by Crippen LogP contribution is 2.29. The number of hydrogen-bond acceptors (Lipinski definition) is 6. The number of aryl methyl sites for hydroxylation is 1. The van der Waals surface area contributed by atoms with E-state index in [4.69, 9.17) is 4.74 Å². The van der Waals surface area contributed by atoms with Gasteiger partial charge in [-0.05, 0) is 42.7 Å². The second-order valence-electron chi connectivity index (χ2n) is 6.27. The summed E-state index contributed by atoms with van der Waals surface area (Å²) < 4.78 is 6.50. The van der Waals surface area contributed by atoms with Gasteiger partial charge in [-0.1, -0.05) is 66.8 Å². The number of nitrogens with zero attached hydrogens (tertiary/aromatic N) is 2. The van der Waals surface area contributed by atoms with Crippen molar-refractivity contribution in [3.05, 3.63) is 65.2 Å². The minimum Gasteiger partial charge on any atom is -0.494 e. The zero-order chi connectivity index (χ0) is 19.8. The highest BCUT2D eigenvalue weighted by Gasteiger charge is 2.12. The summed E-state index contributed by atoms with van der Waals surface area (Å²) in [5, 5.41) is 11.6. The van der Waals surface area contributed by atoms with E-state index in [1.165, 1.54) is 22.5 Å². The Hall–Kier alpha value is -2.38. The van der Waals surface area contributed by atoms with Crippen LogP contribution in [0.15, 0.2) is 52.9 Å². The fourth-order valence-corrected chi connectivity index (χ4v) is 4.28. The maximum Gasteiger partial charge on any atom is 0.257 e. The first-order valence-corrected chi connectivity index (χ1v) is 11.0. The molecule has 3 aromatic rings. The maximum absolute atomic E-state index is 12.5. The standard InChI is InChI=1S/C21H23N3O2S2/c1-3-4-12-26-18-11-7-10-16(13-18)19(25)22-20-23-24-21(28-20)27-14-17-9-6-5-8-15(17)2/h5-11,13H,3-4,12,14H2,1-2H3,(H,22,23,25). The summed E-state index contributed by atoms with van der Waals surface area (Å²) in [7, 11) is 0. The topological polar surface area (TPSA) is 64.1 Å². The lowest BCUT2D eigenvalue weighted by Crippen LogP contribution is -2.11. The van der Waals surface area contributed by atoms with Crippen molar-refractivity contribution in [1.82, 2.24) is 10.2 Å². The predicted molar refractivity (Wildman–Crippen MR) is 115 cm³/mol.